The molecule has 0 aliphatic carbocycles. The molecule has 2 N–H and O–H groups in total. The zero-order valence-corrected chi connectivity index (χ0v) is 12.1. The highest BCUT2D eigenvalue weighted by Gasteiger charge is 2.17. The Hall–Kier alpha value is -1.16. The highest BCUT2D eigenvalue weighted by atomic mass is 31.2. The van der Waals surface area contributed by atoms with E-state index < -0.39 is 7.82 Å². The predicted octanol–water partition coefficient (Wildman–Crippen LogP) is 3.33. The van der Waals surface area contributed by atoms with Gasteiger partial charge in [0.25, 0.3) is 0 Å². The van der Waals surface area contributed by atoms with Gasteiger partial charge in [-0.25, -0.2) is 4.57 Å². The van der Waals surface area contributed by atoms with Crippen LogP contribution in [0.25, 0.3) is 0 Å². The van der Waals surface area contributed by atoms with Gasteiger partial charge in [0.2, 0.25) is 0 Å². The molecular formula is C13H20NO4P. The van der Waals surface area contributed by atoms with Crippen LogP contribution in [0.15, 0.2) is 35.5 Å². The van der Waals surface area contributed by atoms with E-state index in [2.05, 4.69) is 23.6 Å². The van der Waals surface area contributed by atoms with E-state index in [9.17, 15) is 4.57 Å². The standard InChI is InChI=1S/C13H20NO4P/c1-3-11(4-2)10-13(14-18-19(15,16)17)12-8-6-5-7-9-12/h5-9,11H,3-4,10H2,1-2H3,(H2,15,16,17). The lowest BCUT2D eigenvalue weighted by atomic mass is 9.93. The van der Waals surface area contributed by atoms with Gasteiger partial charge in [-0.3, -0.25) is 14.4 Å². The van der Waals surface area contributed by atoms with Crippen molar-refractivity contribution in [1.29, 1.82) is 0 Å². The van der Waals surface area contributed by atoms with Crippen molar-refractivity contribution in [2.45, 2.75) is 33.1 Å². The maximum Gasteiger partial charge on any atom is 0.545 e. The second-order valence-electron chi connectivity index (χ2n) is 4.36. The molecule has 0 spiro atoms. The first-order valence-electron chi connectivity index (χ1n) is 6.32. The van der Waals surface area contributed by atoms with E-state index in [1.807, 2.05) is 30.3 Å². The molecule has 0 aliphatic heterocycles. The first-order valence-corrected chi connectivity index (χ1v) is 7.85. The van der Waals surface area contributed by atoms with Crippen molar-refractivity contribution >= 4 is 13.5 Å². The Labute approximate surface area is 113 Å². The molecular weight excluding hydrogens is 265 g/mol. The summed E-state index contributed by atoms with van der Waals surface area (Å²) in [6.07, 6.45) is 2.60. The van der Waals surface area contributed by atoms with Crippen LogP contribution in [0.2, 0.25) is 0 Å². The van der Waals surface area contributed by atoms with Crippen molar-refractivity contribution in [3.05, 3.63) is 35.9 Å². The molecule has 0 bridgehead atoms. The Kier molecular flexibility index (Phi) is 6.22. The minimum atomic E-state index is -4.59. The van der Waals surface area contributed by atoms with E-state index in [4.69, 9.17) is 9.79 Å². The third-order valence-corrected chi connectivity index (χ3v) is 3.30. The van der Waals surface area contributed by atoms with E-state index in [1.54, 1.807) is 0 Å². The van der Waals surface area contributed by atoms with Crippen LogP contribution in [0, 0.1) is 5.92 Å². The number of oxime groups is 1. The molecule has 0 saturated heterocycles. The van der Waals surface area contributed by atoms with Crippen LogP contribution >= 0.6 is 7.82 Å². The van der Waals surface area contributed by atoms with Gasteiger partial charge < -0.3 is 0 Å². The summed E-state index contributed by atoms with van der Waals surface area (Å²) in [7, 11) is -4.59. The Morgan fingerprint density at radius 1 is 1.26 bits per heavy atom. The van der Waals surface area contributed by atoms with Gasteiger partial charge in [0.15, 0.2) is 0 Å². The summed E-state index contributed by atoms with van der Waals surface area (Å²) in [6, 6.07) is 9.29. The summed E-state index contributed by atoms with van der Waals surface area (Å²) in [4.78, 5) is 17.5. The number of hydrogen-bond acceptors (Lipinski definition) is 3. The molecule has 106 valence electrons. The smallest absolute Gasteiger partial charge is 0.292 e. The summed E-state index contributed by atoms with van der Waals surface area (Å²) in [5.41, 5.74) is 1.39. The molecule has 0 fully saturated rings. The maximum atomic E-state index is 10.8. The zero-order chi connectivity index (χ0) is 14.3. The molecule has 0 heterocycles. The first kappa shape index (κ1) is 15.9. The monoisotopic (exact) mass is 285 g/mol. The second-order valence-corrected chi connectivity index (χ2v) is 5.51. The van der Waals surface area contributed by atoms with Crippen LogP contribution < -0.4 is 0 Å². The number of rotatable bonds is 7. The Bertz CT molecular complexity index is 451. The fourth-order valence-electron chi connectivity index (χ4n) is 1.79. The molecule has 0 unspecified atom stereocenters. The van der Waals surface area contributed by atoms with Crippen LogP contribution in [-0.4, -0.2) is 15.5 Å². The molecule has 0 aromatic heterocycles. The molecule has 1 aromatic carbocycles. The topological polar surface area (TPSA) is 79.1 Å². The van der Waals surface area contributed by atoms with Gasteiger partial charge >= 0.3 is 7.82 Å². The van der Waals surface area contributed by atoms with Crippen LogP contribution in [-0.2, 0) is 9.19 Å². The van der Waals surface area contributed by atoms with Crippen molar-refractivity contribution in [3.8, 4) is 0 Å². The highest BCUT2D eigenvalue weighted by molar-refractivity contribution is 7.46. The highest BCUT2D eigenvalue weighted by Crippen LogP contribution is 2.36. The number of nitrogens with zero attached hydrogens (tertiary/aromatic N) is 1. The summed E-state index contributed by atoms with van der Waals surface area (Å²) < 4.78 is 15.0. The Morgan fingerprint density at radius 3 is 2.32 bits per heavy atom. The average Bonchev–Trinajstić information content (AvgIpc) is 2.39. The Balaban J connectivity index is 2.94. The maximum absolute atomic E-state index is 10.8. The van der Waals surface area contributed by atoms with Crippen molar-refractivity contribution in [2.75, 3.05) is 0 Å². The minimum Gasteiger partial charge on any atom is -0.292 e. The molecule has 1 aromatic rings. The van der Waals surface area contributed by atoms with Gasteiger partial charge in [0.05, 0.1) is 5.71 Å². The molecule has 0 atom stereocenters. The fraction of sp³-hybridized carbons (Fsp3) is 0.462. The summed E-state index contributed by atoms with van der Waals surface area (Å²) in [5.74, 6) is 0.416. The average molecular weight is 285 g/mol. The van der Waals surface area contributed by atoms with E-state index in [1.165, 1.54) is 0 Å². The summed E-state index contributed by atoms with van der Waals surface area (Å²) in [6.45, 7) is 4.17. The molecule has 0 saturated carbocycles. The molecule has 5 nitrogen and oxygen atoms in total. The molecule has 19 heavy (non-hydrogen) atoms. The number of benzene rings is 1. The normalized spacial score (nSPS) is 12.8. The lowest BCUT2D eigenvalue weighted by molar-refractivity contribution is 0.204. The van der Waals surface area contributed by atoms with Crippen LogP contribution in [0.3, 0.4) is 0 Å². The molecule has 1 rings (SSSR count). The van der Waals surface area contributed by atoms with E-state index in [0.29, 0.717) is 18.1 Å². The summed E-state index contributed by atoms with van der Waals surface area (Å²) in [5, 5.41) is 3.65. The van der Waals surface area contributed by atoms with E-state index >= 15 is 0 Å². The first-order chi connectivity index (χ1) is 8.96. The van der Waals surface area contributed by atoms with E-state index in [0.717, 1.165) is 18.4 Å². The number of hydrogen-bond donors (Lipinski definition) is 2. The van der Waals surface area contributed by atoms with Gasteiger partial charge in [-0.1, -0.05) is 62.2 Å². The third-order valence-electron chi connectivity index (χ3n) is 3.00. The SMILES string of the molecule is CCC(CC)CC(=NOP(=O)(O)O)c1ccccc1. The lowest BCUT2D eigenvalue weighted by Gasteiger charge is -2.14. The van der Waals surface area contributed by atoms with Gasteiger partial charge in [-0.2, -0.15) is 0 Å². The molecule has 0 radical (unpaired) electrons. The van der Waals surface area contributed by atoms with Crippen LogP contribution in [0.4, 0.5) is 0 Å². The van der Waals surface area contributed by atoms with Crippen molar-refractivity contribution < 1.29 is 19.0 Å². The molecule has 0 aliphatic rings. The van der Waals surface area contributed by atoms with Gasteiger partial charge in [-0.15, -0.1) is 0 Å². The zero-order valence-electron chi connectivity index (χ0n) is 11.2. The Morgan fingerprint density at radius 2 is 1.84 bits per heavy atom. The predicted molar refractivity (Wildman–Crippen MR) is 74.8 cm³/mol. The van der Waals surface area contributed by atoms with E-state index in [-0.39, 0.29) is 0 Å². The number of phosphoric acid groups is 1. The quantitative estimate of drug-likeness (QED) is 0.457. The lowest BCUT2D eigenvalue weighted by Crippen LogP contribution is -2.09. The van der Waals surface area contributed by atoms with Crippen molar-refractivity contribution in [3.63, 3.8) is 0 Å². The second kappa shape index (κ2) is 7.43. The molecule has 0 amide bonds. The van der Waals surface area contributed by atoms with Gasteiger partial charge in [0, 0.05) is 0 Å². The van der Waals surface area contributed by atoms with Crippen LogP contribution in [0.1, 0.15) is 38.7 Å². The van der Waals surface area contributed by atoms with Crippen molar-refractivity contribution in [2.24, 2.45) is 11.1 Å². The van der Waals surface area contributed by atoms with Crippen LogP contribution in [0.5, 0.6) is 0 Å². The third kappa shape index (κ3) is 6.01. The fourth-order valence-corrected chi connectivity index (χ4v) is 2.00. The molecule has 6 heteroatoms. The minimum absolute atomic E-state index is 0.416. The largest absolute Gasteiger partial charge is 0.545 e. The van der Waals surface area contributed by atoms with Gasteiger partial charge in [-0.05, 0) is 17.9 Å². The summed E-state index contributed by atoms with van der Waals surface area (Å²) >= 11 is 0. The van der Waals surface area contributed by atoms with Gasteiger partial charge in [0.1, 0.15) is 0 Å². The van der Waals surface area contributed by atoms with Crippen molar-refractivity contribution in [1.82, 2.24) is 0 Å².